The zero-order chi connectivity index (χ0) is 39.4. The van der Waals surface area contributed by atoms with Gasteiger partial charge in [-0.3, -0.25) is 38.6 Å². The fourth-order valence-electron chi connectivity index (χ4n) is 4.87. The highest BCUT2D eigenvalue weighted by Gasteiger charge is 2.33. The van der Waals surface area contributed by atoms with Crippen molar-refractivity contribution in [3.63, 3.8) is 0 Å². The molecule has 0 aromatic heterocycles. The van der Waals surface area contributed by atoms with Crippen molar-refractivity contribution in [2.24, 2.45) is 11.7 Å². The maximum absolute atomic E-state index is 13.7. The molecular weight excluding hydrogens is 709 g/mol. The Labute approximate surface area is 300 Å². The minimum atomic E-state index is -4.85. The summed E-state index contributed by atoms with van der Waals surface area (Å²) < 4.78 is 15.7. The van der Waals surface area contributed by atoms with Crippen molar-refractivity contribution in [3.05, 3.63) is 29.8 Å². The van der Waals surface area contributed by atoms with Crippen LogP contribution in [0.4, 0.5) is 0 Å². The van der Waals surface area contributed by atoms with Crippen molar-refractivity contribution in [2.45, 2.75) is 109 Å². The summed E-state index contributed by atoms with van der Waals surface area (Å²) in [5, 5.41) is 37.8. The number of carbonyl (C=O) groups excluding carboxylic acids is 4. The van der Waals surface area contributed by atoms with Crippen LogP contribution in [0.15, 0.2) is 24.3 Å². The number of nitrogens with one attached hydrogen (secondary N) is 4. The van der Waals surface area contributed by atoms with Crippen LogP contribution in [0, 0.1) is 5.92 Å². The van der Waals surface area contributed by atoms with E-state index in [9.17, 15) is 53.4 Å². The molecule has 0 heterocycles. The van der Waals surface area contributed by atoms with Gasteiger partial charge in [-0.25, -0.2) is 9.36 Å². The Kier molecular flexibility index (Phi) is 20.2. The summed E-state index contributed by atoms with van der Waals surface area (Å²) in [5.74, 6) is -8.23. The van der Waals surface area contributed by atoms with E-state index in [0.717, 1.165) is 12.8 Å². The fourth-order valence-corrected chi connectivity index (χ4v) is 5.27. The molecule has 0 aliphatic rings. The molecule has 52 heavy (non-hydrogen) atoms. The summed E-state index contributed by atoms with van der Waals surface area (Å²) in [5.41, 5.74) is 5.90. The molecule has 5 atom stereocenters. The highest BCUT2D eigenvalue weighted by molar-refractivity contribution is 7.46. The van der Waals surface area contributed by atoms with Crippen molar-refractivity contribution in [1.29, 1.82) is 0 Å². The van der Waals surface area contributed by atoms with E-state index in [0.29, 0.717) is 31.4 Å². The number of carboxylic acids is 3. The van der Waals surface area contributed by atoms with Gasteiger partial charge >= 0.3 is 25.7 Å². The molecule has 0 fully saturated rings. The number of phosphoric ester groups is 1. The first kappa shape index (κ1) is 45.4. The molecule has 0 spiro atoms. The SMILES string of the molecule is CC[C@H](C)[C@H](NC(=O)[C@H](CCC(=O)O)NC(=O)[C@H](CCC(=O)O)NC(=O)[C@H](Cc1ccc(OP(=O)(O)O)cc1)NC(=O)CCCCCCN)C(=O)O. The molecular formula is C32H50N5O14P. The van der Waals surface area contributed by atoms with E-state index in [1.54, 1.807) is 13.8 Å². The molecule has 1 rings (SSSR count). The summed E-state index contributed by atoms with van der Waals surface area (Å²) in [7, 11) is -4.85. The van der Waals surface area contributed by atoms with Crippen LogP contribution in [0.5, 0.6) is 5.75 Å². The van der Waals surface area contributed by atoms with Gasteiger partial charge in [0.2, 0.25) is 23.6 Å². The molecule has 0 aliphatic carbocycles. The van der Waals surface area contributed by atoms with Crippen LogP contribution >= 0.6 is 7.82 Å². The maximum atomic E-state index is 13.7. The van der Waals surface area contributed by atoms with Crippen LogP contribution in [0.2, 0.25) is 0 Å². The second-order valence-electron chi connectivity index (χ2n) is 12.2. The standard InChI is InChI=1S/C32H50N5O14P/c1-3-19(2)28(32(46)47)37-30(44)23(14-16-27(41)42)35-29(43)22(13-15-26(39)40)36-31(45)24(34-25(38)8-6-4-5-7-17-33)18-20-9-11-21(12-10-20)51-52(48,49)50/h9-12,19,22-24,28H,3-8,13-18,33H2,1-2H3,(H,34,38)(H,35,43)(H,36,45)(H,37,44)(H,39,40)(H,41,42)(H,46,47)(H2,48,49,50)/t19-,22-,23-,24-,28-/m0/s1. The van der Waals surface area contributed by atoms with Crippen LogP contribution in [-0.2, 0) is 44.5 Å². The van der Waals surface area contributed by atoms with Gasteiger partial charge in [0.1, 0.15) is 29.9 Å². The monoisotopic (exact) mass is 759 g/mol. The minimum Gasteiger partial charge on any atom is -0.481 e. The Bertz CT molecular complexity index is 1420. The Morgan fingerprint density at radius 2 is 1.23 bits per heavy atom. The van der Waals surface area contributed by atoms with Gasteiger partial charge in [0.25, 0.3) is 0 Å². The van der Waals surface area contributed by atoms with Crippen molar-refractivity contribution < 1.29 is 67.8 Å². The van der Waals surface area contributed by atoms with Crippen molar-refractivity contribution in [1.82, 2.24) is 21.3 Å². The molecule has 0 unspecified atom stereocenters. The van der Waals surface area contributed by atoms with Crippen molar-refractivity contribution in [3.8, 4) is 5.75 Å². The molecule has 0 radical (unpaired) electrons. The highest BCUT2D eigenvalue weighted by Crippen LogP contribution is 2.37. The molecule has 1 aromatic carbocycles. The van der Waals surface area contributed by atoms with E-state index in [2.05, 4.69) is 25.8 Å². The first-order valence-electron chi connectivity index (χ1n) is 16.8. The first-order valence-corrected chi connectivity index (χ1v) is 18.3. The molecule has 20 heteroatoms. The molecule has 19 nitrogen and oxygen atoms in total. The number of carbonyl (C=O) groups is 7. The number of phosphoric acid groups is 1. The molecule has 0 saturated heterocycles. The topological polar surface area (TPSA) is 321 Å². The lowest BCUT2D eigenvalue weighted by atomic mass is 9.98. The summed E-state index contributed by atoms with van der Waals surface area (Å²) in [6.45, 7) is 3.76. The van der Waals surface area contributed by atoms with E-state index in [1.807, 2.05) is 0 Å². The smallest absolute Gasteiger partial charge is 0.481 e. The lowest BCUT2D eigenvalue weighted by Gasteiger charge is -2.27. The number of carboxylic acid groups (broad SMARTS) is 3. The summed E-state index contributed by atoms with van der Waals surface area (Å²) >= 11 is 0. The van der Waals surface area contributed by atoms with E-state index < -0.39 is 105 Å². The van der Waals surface area contributed by atoms with Crippen LogP contribution in [0.3, 0.4) is 0 Å². The van der Waals surface area contributed by atoms with Gasteiger partial charge in [0.15, 0.2) is 0 Å². The number of unbranched alkanes of at least 4 members (excludes halogenated alkanes) is 3. The molecule has 1 aromatic rings. The van der Waals surface area contributed by atoms with Crippen LogP contribution in [0.25, 0.3) is 0 Å². The predicted molar refractivity (Wildman–Crippen MR) is 184 cm³/mol. The molecule has 4 amide bonds. The average Bonchev–Trinajstić information content (AvgIpc) is 3.06. The number of rotatable bonds is 26. The lowest BCUT2D eigenvalue weighted by Crippen LogP contribution is -2.58. The van der Waals surface area contributed by atoms with Gasteiger partial charge in [-0.05, 0) is 55.8 Å². The Balaban J connectivity index is 3.33. The summed E-state index contributed by atoms with van der Waals surface area (Å²) in [6.07, 6.45) is 0.770. The van der Waals surface area contributed by atoms with E-state index in [1.165, 1.54) is 24.3 Å². The van der Waals surface area contributed by atoms with Crippen LogP contribution in [-0.4, -0.2) is 97.4 Å². The van der Waals surface area contributed by atoms with E-state index >= 15 is 0 Å². The second-order valence-corrected chi connectivity index (χ2v) is 13.4. The van der Waals surface area contributed by atoms with Crippen molar-refractivity contribution >= 4 is 49.4 Å². The van der Waals surface area contributed by atoms with Gasteiger partial charge < -0.3 is 46.8 Å². The van der Waals surface area contributed by atoms with Crippen LogP contribution in [0.1, 0.15) is 83.6 Å². The third kappa shape index (κ3) is 18.6. The average molecular weight is 760 g/mol. The predicted octanol–water partition coefficient (Wildman–Crippen LogP) is 0.409. The number of amides is 4. The zero-order valence-electron chi connectivity index (χ0n) is 29.1. The number of hydrogen-bond acceptors (Lipinski definition) is 10. The summed E-state index contributed by atoms with van der Waals surface area (Å²) in [4.78, 5) is 106. The number of benzene rings is 1. The third-order valence-corrected chi connectivity index (χ3v) is 8.38. The van der Waals surface area contributed by atoms with Gasteiger partial charge in [0.05, 0.1) is 0 Å². The van der Waals surface area contributed by atoms with Gasteiger partial charge in [-0.1, -0.05) is 45.2 Å². The van der Waals surface area contributed by atoms with Crippen LogP contribution < -0.4 is 31.5 Å². The Morgan fingerprint density at radius 3 is 1.69 bits per heavy atom. The first-order chi connectivity index (χ1) is 24.4. The molecule has 0 saturated carbocycles. The summed E-state index contributed by atoms with van der Waals surface area (Å²) in [6, 6.07) is -0.683. The Hall–Kier alpha value is -4.58. The van der Waals surface area contributed by atoms with E-state index in [4.69, 9.17) is 15.5 Å². The lowest BCUT2D eigenvalue weighted by molar-refractivity contribution is -0.144. The normalized spacial score (nSPS) is 14.1. The molecule has 11 N–H and O–H groups in total. The molecule has 0 aliphatic heterocycles. The molecule has 292 valence electrons. The fraction of sp³-hybridized carbons (Fsp3) is 0.594. The largest absolute Gasteiger partial charge is 0.524 e. The number of aliphatic carboxylic acids is 3. The van der Waals surface area contributed by atoms with Gasteiger partial charge in [-0.15, -0.1) is 0 Å². The van der Waals surface area contributed by atoms with Gasteiger partial charge in [-0.2, -0.15) is 0 Å². The van der Waals surface area contributed by atoms with Gasteiger partial charge in [0, 0.05) is 25.7 Å². The number of nitrogens with two attached hydrogens (primary N) is 1. The Morgan fingerprint density at radius 1 is 0.731 bits per heavy atom. The van der Waals surface area contributed by atoms with E-state index in [-0.39, 0.29) is 18.6 Å². The quantitative estimate of drug-likeness (QED) is 0.0452. The number of hydrogen-bond donors (Lipinski definition) is 10. The zero-order valence-corrected chi connectivity index (χ0v) is 30.0. The highest BCUT2D eigenvalue weighted by atomic mass is 31.2. The van der Waals surface area contributed by atoms with Crippen molar-refractivity contribution in [2.75, 3.05) is 6.54 Å². The maximum Gasteiger partial charge on any atom is 0.524 e. The minimum absolute atomic E-state index is 0.0424. The third-order valence-electron chi connectivity index (χ3n) is 7.93. The molecule has 0 bridgehead atoms. The second kappa shape index (κ2) is 23.1.